The first kappa shape index (κ1) is 12.1. The molecule has 0 fully saturated rings. The van der Waals surface area contributed by atoms with E-state index >= 15 is 0 Å². The topological polar surface area (TPSA) is 95.6 Å². The molecule has 0 aliphatic carbocycles. The molecule has 0 saturated carbocycles. The van der Waals surface area contributed by atoms with Crippen molar-refractivity contribution in [3.05, 3.63) is 48.3 Å². The number of hydrogen-bond donors (Lipinski definition) is 2. The zero-order valence-electron chi connectivity index (χ0n) is 10.4. The normalized spacial score (nSPS) is 10.7. The molecule has 0 unspecified atom stereocenters. The van der Waals surface area contributed by atoms with Crippen molar-refractivity contribution in [2.24, 2.45) is 0 Å². The Morgan fingerprint density at radius 3 is 2.65 bits per heavy atom. The predicted octanol–water partition coefficient (Wildman–Crippen LogP) is 1.63. The van der Waals surface area contributed by atoms with Crippen LogP contribution in [0.2, 0.25) is 0 Å². The van der Waals surface area contributed by atoms with E-state index in [2.05, 4.69) is 15.5 Å². The zero-order valence-corrected chi connectivity index (χ0v) is 10.4. The maximum absolute atomic E-state index is 13.3. The quantitative estimate of drug-likeness (QED) is 0.690. The minimum Gasteiger partial charge on any atom is -0.399 e. The summed E-state index contributed by atoms with van der Waals surface area (Å²) in [6, 6.07) is 11.0. The number of nitrogens with two attached hydrogens (primary N) is 2. The Bertz CT molecular complexity index is 767. The molecule has 3 aromatic rings. The summed E-state index contributed by atoms with van der Waals surface area (Å²) in [7, 11) is 0. The van der Waals surface area contributed by atoms with Crippen molar-refractivity contribution >= 4 is 11.4 Å². The summed E-state index contributed by atoms with van der Waals surface area (Å²) in [5, 5.41) is 11.4. The second-order valence-electron chi connectivity index (χ2n) is 4.24. The Kier molecular flexibility index (Phi) is 2.79. The van der Waals surface area contributed by atoms with Crippen LogP contribution in [0.4, 0.5) is 15.8 Å². The van der Waals surface area contributed by atoms with Crippen LogP contribution in [-0.4, -0.2) is 20.2 Å². The second kappa shape index (κ2) is 4.61. The highest BCUT2D eigenvalue weighted by atomic mass is 19.1. The Morgan fingerprint density at radius 2 is 1.90 bits per heavy atom. The third-order valence-electron chi connectivity index (χ3n) is 2.84. The van der Waals surface area contributed by atoms with Crippen LogP contribution in [-0.2, 0) is 0 Å². The molecule has 0 radical (unpaired) electrons. The van der Waals surface area contributed by atoms with Crippen molar-refractivity contribution < 1.29 is 4.39 Å². The highest BCUT2D eigenvalue weighted by Gasteiger charge is 2.13. The van der Waals surface area contributed by atoms with Crippen LogP contribution in [0.25, 0.3) is 17.1 Å². The summed E-state index contributed by atoms with van der Waals surface area (Å²) in [5.41, 5.74) is 13.7. The number of rotatable bonds is 2. The SMILES string of the molecule is Nc1ccc(-c2nnnn2-c2cccc(F)c2)c(N)c1. The monoisotopic (exact) mass is 270 g/mol. The van der Waals surface area contributed by atoms with Gasteiger partial charge in [-0.2, -0.15) is 4.68 Å². The first-order valence-corrected chi connectivity index (χ1v) is 5.85. The Hall–Kier alpha value is -2.96. The molecule has 0 aliphatic heterocycles. The molecular weight excluding hydrogens is 259 g/mol. The Labute approximate surface area is 113 Å². The average molecular weight is 270 g/mol. The molecule has 20 heavy (non-hydrogen) atoms. The molecule has 1 aromatic heterocycles. The smallest absolute Gasteiger partial charge is 0.189 e. The van der Waals surface area contributed by atoms with Crippen LogP contribution in [0.5, 0.6) is 0 Å². The van der Waals surface area contributed by atoms with Crippen molar-refractivity contribution in [1.29, 1.82) is 0 Å². The van der Waals surface area contributed by atoms with Gasteiger partial charge in [-0.3, -0.25) is 0 Å². The maximum Gasteiger partial charge on any atom is 0.189 e. The van der Waals surface area contributed by atoms with E-state index in [-0.39, 0.29) is 5.82 Å². The van der Waals surface area contributed by atoms with Gasteiger partial charge in [0.25, 0.3) is 0 Å². The summed E-state index contributed by atoms with van der Waals surface area (Å²) in [6.07, 6.45) is 0. The average Bonchev–Trinajstić information content (AvgIpc) is 2.87. The lowest BCUT2D eigenvalue weighted by Crippen LogP contribution is -2.02. The van der Waals surface area contributed by atoms with E-state index in [1.165, 1.54) is 16.8 Å². The molecule has 6 nitrogen and oxygen atoms in total. The van der Waals surface area contributed by atoms with E-state index in [4.69, 9.17) is 11.5 Å². The zero-order chi connectivity index (χ0) is 14.1. The predicted molar refractivity (Wildman–Crippen MR) is 73.4 cm³/mol. The fourth-order valence-electron chi connectivity index (χ4n) is 1.92. The van der Waals surface area contributed by atoms with Crippen molar-refractivity contribution in [3.8, 4) is 17.1 Å². The second-order valence-corrected chi connectivity index (χ2v) is 4.24. The van der Waals surface area contributed by atoms with Gasteiger partial charge in [-0.25, -0.2) is 4.39 Å². The molecule has 100 valence electrons. The van der Waals surface area contributed by atoms with E-state index in [1.807, 2.05) is 0 Å². The number of nitrogens with zero attached hydrogens (tertiary/aromatic N) is 4. The summed E-state index contributed by atoms with van der Waals surface area (Å²) >= 11 is 0. The lowest BCUT2D eigenvalue weighted by atomic mass is 10.1. The Morgan fingerprint density at radius 1 is 1.05 bits per heavy atom. The van der Waals surface area contributed by atoms with Crippen molar-refractivity contribution in [2.45, 2.75) is 0 Å². The van der Waals surface area contributed by atoms with Gasteiger partial charge in [-0.05, 0) is 46.8 Å². The van der Waals surface area contributed by atoms with Gasteiger partial charge in [-0.15, -0.1) is 5.10 Å². The van der Waals surface area contributed by atoms with Crippen LogP contribution in [0.3, 0.4) is 0 Å². The number of hydrogen-bond acceptors (Lipinski definition) is 5. The Balaban J connectivity index is 2.15. The third-order valence-corrected chi connectivity index (χ3v) is 2.84. The molecule has 0 amide bonds. The fraction of sp³-hybridized carbons (Fsp3) is 0. The van der Waals surface area contributed by atoms with Crippen LogP contribution in [0.15, 0.2) is 42.5 Å². The van der Waals surface area contributed by atoms with E-state index in [1.54, 1.807) is 30.3 Å². The minimum absolute atomic E-state index is 0.366. The molecule has 0 aliphatic rings. The summed E-state index contributed by atoms with van der Waals surface area (Å²) in [4.78, 5) is 0. The van der Waals surface area contributed by atoms with E-state index in [9.17, 15) is 4.39 Å². The van der Waals surface area contributed by atoms with Gasteiger partial charge in [0.2, 0.25) is 0 Å². The van der Waals surface area contributed by atoms with E-state index < -0.39 is 0 Å². The van der Waals surface area contributed by atoms with Gasteiger partial charge < -0.3 is 11.5 Å². The van der Waals surface area contributed by atoms with Gasteiger partial charge in [0, 0.05) is 16.9 Å². The van der Waals surface area contributed by atoms with Gasteiger partial charge in [0.05, 0.1) is 5.69 Å². The van der Waals surface area contributed by atoms with Crippen molar-refractivity contribution in [3.63, 3.8) is 0 Å². The molecule has 0 saturated heterocycles. The first-order valence-electron chi connectivity index (χ1n) is 5.85. The van der Waals surface area contributed by atoms with Crippen LogP contribution in [0, 0.1) is 5.82 Å². The number of halogens is 1. The van der Waals surface area contributed by atoms with Gasteiger partial charge in [-0.1, -0.05) is 6.07 Å². The molecule has 3 rings (SSSR count). The molecule has 1 heterocycles. The molecule has 0 atom stereocenters. The first-order chi connectivity index (χ1) is 9.65. The summed E-state index contributed by atoms with van der Waals surface area (Å²) in [6.45, 7) is 0. The van der Waals surface area contributed by atoms with Crippen LogP contribution in [0.1, 0.15) is 0 Å². The number of aromatic nitrogens is 4. The van der Waals surface area contributed by atoms with Crippen molar-refractivity contribution in [2.75, 3.05) is 11.5 Å². The summed E-state index contributed by atoms with van der Waals surface area (Å²) in [5.74, 6) is 0.0577. The molecule has 4 N–H and O–H groups in total. The van der Waals surface area contributed by atoms with E-state index in [0.717, 1.165) is 0 Å². The molecular formula is C13H11FN6. The number of nitrogen functional groups attached to an aromatic ring is 2. The minimum atomic E-state index is -0.366. The van der Waals surface area contributed by atoms with Crippen molar-refractivity contribution in [1.82, 2.24) is 20.2 Å². The summed E-state index contributed by atoms with van der Waals surface area (Å²) < 4.78 is 14.7. The molecule has 0 spiro atoms. The maximum atomic E-state index is 13.3. The lowest BCUT2D eigenvalue weighted by Gasteiger charge is -2.07. The highest BCUT2D eigenvalue weighted by molar-refractivity contribution is 5.75. The standard InChI is InChI=1S/C13H11FN6/c14-8-2-1-3-10(6-8)20-13(17-18-19-20)11-5-4-9(15)7-12(11)16/h1-7H,15-16H2. The molecule has 7 heteroatoms. The number of benzene rings is 2. The fourth-order valence-corrected chi connectivity index (χ4v) is 1.92. The van der Waals surface area contributed by atoms with Gasteiger partial charge >= 0.3 is 0 Å². The van der Waals surface area contributed by atoms with Gasteiger partial charge in [0.15, 0.2) is 5.82 Å². The molecule has 2 aromatic carbocycles. The lowest BCUT2D eigenvalue weighted by molar-refractivity contribution is 0.625. The largest absolute Gasteiger partial charge is 0.399 e. The molecule has 0 bridgehead atoms. The highest BCUT2D eigenvalue weighted by Crippen LogP contribution is 2.27. The number of anilines is 2. The van der Waals surface area contributed by atoms with Crippen LogP contribution < -0.4 is 11.5 Å². The van der Waals surface area contributed by atoms with Crippen LogP contribution >= 0.6 is 0 Å². The third kappa shape index (κ3) is 2.05. The van der Waals surface area contributed by atoms with E-state index in [0.29, 0.717) is 28.5 Å². The van der Waals surface area contributed by atoms with Gasteiger partial charge in [0.1, 0.15) is 5.82 Å². The number of tetrazole rings is 1.